The molecule has 1 saturated heterocycles. The number of rotatable bonds is 13. The number of hydrogen-bond donors (Lipinski definition) is 2. The number of carbonyl (C=O) groups is 2. The lowest BCUT2D eigenvalue weighted by atomic mass is 10.0. The van der Waals surface area contributed by atoms with Gasteiger partial charge in [-0.2, -0.15) is 0 Å². The number of sulfonamides is 1. The second-order valence-electron chi connectivity index (χ2n) is 9.99. The zero-order valence-corrected chi connectivity index (χ0v) is 23.9. The Balaban J connectivity index is 1.57. The Hall–Kier alpha value is -3.60. The van der Waals surface area contributed by atoms with Crippen molar-refractivity contribution < 1.29 is 27.1 Å². The van der Waals surface area contributed by atoms with Crippen LogP contribution in [0.3, 0.4) is 0 Å². The number of carbonyl (C=O) groups excluding carboxylic acids is 2. The van der Waals surface area contributed by atoms with Crippen LogP contribution in [0.5, 0.6) is 0 Å². The standard InChI is InChI=1S/C31H36FN3O5S/c1-2-34-41(38,39)28-17-12-23(13-18-28)14-19-29(36)35(22-24-10-15-26(32)16-11-24)30(25-7-4-3-5-8-25)31(37)33-21-27-9-6-20-40-27/h3-5,7-8,10-13,15-18,27,30,34H,2,6,9,14,19-22H2,1H3,(H,33,37)/t27-,30-/m1/s1. The molecule has 0 radical (unpaired) electrons. The summed E-state index contributed by atoms with van der Waals surface area (Å²) in [7, 11) is -3.58. The van der Waals surface area contributed by atoms with Gasteiger partial charge in [-0.05, 0) is 60.2 Å². The Morgan fingerprint density at radius 2 is 1.68 bits per heavy atom. The summed E-state index contributed by atoms with van der Waals surface area (Å²) in [6.45, 7) is 3.11. The van der Waals surface area contributed by atoms with Crippen LogP contribution in [0.2, 0.25) is 0 Å². The quantitative estimate of drug-likeness (QED) is 0.316. The number of aryl methyl sites for hydroxylation is 1. The molecule has 3 aromatic rings. The van der Waals surface area contributed by atoms with Crippen LogP contribution < -0.4 is 10.0 Å². The molecule has 3 aromatic carbocycles. The minimum absolute atomic E-state index is 0.0593. The van der Waals surface area contributed by atoms with Crippen LogP contribution in [0.25, 0.3) is 0 Å². The maximum absolute atomic E-state index is 13.8. The van der Waals surface area contributed by atoms with E-state index in [2.05, 4.69) is 10.0 Å². The lowest BCUT2D eigenvalue weighted by Crippen LogP contribution is -2.45. The van der Waals surface area contributed by atoms with Gasteiger partial charge in [0.1, 0.15) is 11.9 Å². The SMILES string of the molecule is CCNS(=O)(=O)c1ccc(CCC(=O)N(Cc2ccc(F)cc2)[C@@H](C(=O)NC[C@H]2CCCO2)c2ccccc2)cc1. The Bertz CT molecular complexity index is 1390. The van der Waals surface area contributed by atoms with Crippen LogP contribution in [0, 0.1) is 5.82 Å². The Morgan fingerprint density at radius 1 is 1.00 bits per heavy atom. The molecule has 2 atom stereocenters. The Labute approximate surface area is 241 Å². The summed E-state index contributed by atoms with van der Waals surface area (Å²) in [5, 5.41) is 2.98. The highest BCUT2D eigenvalue weighted by atomic mass is 32.2. The summed E-state index contributed by atoms with van der Waals surface area (Å²) in [5.41, 5.74) is 2.13. The van der Waals surface area contributed by atoms with Gasteiger partial charge in [0.05, 0.1) is 11.0 Å². The predicted molar refractivity (Wildman–Crippen MR) is 154 cm³/mol. The highest BCUT2D eigenvalue weighted by Gasteiger charge is 2.32. The fraction of sp³-hybridized carbons (Fsp3) is 0.355. The number of halogens is 1. The van der Waals surface area contributed by atoms with Gasteiger partial charge in [-0.25, -0.2) is 17.5 Å². The second-order valence-corrected chi connectivity index (χ2v) is 11.8. The third-order valence-electron chi connectivity index (χ3n) is 6.99. The van der Waals surface area contributed by atoms with E-state index in [4.69, 9.17) is 4.74 Å². The summed E-state index contributed by atoms with van der Waals surface area (Å²) in [6.07, 6.45) is 2.18. The number of nitrogens with zero attached hydrogens (tertiary/aromatic N) is 1. The van der Waals surface area contributed by atoms with Gasteiger partial charge in [0.15, 0.2) is 0 Å². The van der Waals surface area contributed by atoms with E-state index in [1.165, 1.54) is 29.2 Å². The first-order valence-corrected chi connectivity index (χ1v) is 15.3. The van der Waals surface area contributed by atoms with Gasteiger partial charge in [-0.15, -0.1) is 0 Å². The smallest absolute Gasteiger partial charge is 0.247 e. The summed E-state index contributed by atoms with van der Waals surface area (Å²) in [6, 6.07) is 20.4. The summed E-state index contributed by atoms with van der Waals surface area (Å²) in [4.78, 5) is 29.2. The van der Waals surface area contributed by atoms with Crippen molar-refractivity contribution in [2.24, 2.45) is 0 Å². The van der Waals surface area contributed by atoms with Crippen molar-refractivity contribution in [3.05, 3.63) is 101 Å². The summed E-state index contributed by atoms with van der Waals surface area (Å²) < 4.78 is 46.3. The van der Waals surface area contributed by atoms with Crippen molar-refractivity contribution in [1.82, 2.24) is 14.9 Å². The molecular weight excluding hydrogens is 545 g/mol. The lowest BCUT2D eigenvalue weighted by Gasteiger charge is -2.32. The third-order valence-corrected chi connectivity index (χ3v) is 8.55. The first-order chi connectivity index (χ1) is 19.8. The monoisotopic (exact) mass is 581 g/mol. The number of benzene rings is 3. The molecule has 1 fully saturated rings. The molecule has 218 valence electrons. The molecule has 1 aliphatic heterocycles. The Morgan fingerprint density at radius 3 is 2.32 bits per heavy atom. The predicted octanol–water partition coefficient (Wildman–Crippen LogP) is 4.12. The van der Waals surface area contributed by atoms with E-state index in [0.717, 1.165) is 18.4 Å². The van der Waals surface area contributed by atoms with Gasteiger partial charge in [-0.1, -0.05) is 61.5 Å². The van der Waals surface area contributed by atoms with Crippen molar-refractivity contribution in [3.63, 3.8) is 0 Å². The molecule has 1 aliphatic rings. The van der Waals surface area contributed by atoms with Crippen LogP contribution in [0.4, 0.5) is 4.39 Å². The summed E-state index contributed by atoms with van der Waals surface area (Å²) in [5.74, 6) is -0.972. The number of nitrogens with one attached hydrogen (secondary N) is 2. The van der Waals surface area contributed by atoms with E-state index in [0.29, 0.717) is 30.7 Å². The number of amides is 2. The number of hydrogen-bond acceptors (Lipinski definition) is 5. The molecule has 2 N–H and O–H groups in total. The highest BCUT2D eigenvalue weighted by molar-refractivity contribution is 7.89. The topological polar surface area (TPSA) is 105 Å². The highest BCUT2D eigenvalue weighted by Crippen LogP contribution is 2.26. The van der Waals surface area contributed by atoms with E-state index in [1.807, 2.05) is 30.3 Å². The van der Waals surface area contributed by atoms with Gasteiger partial charge in [0.2, 0.25) is 21.8 Å². The molecule has 2 amide bonds. The minimum Gasteiger partial charge on any atom is -0.376 e. The van der Waals surface area contributed by atoms with Crippen LogP contribution in [-0.2, 0) is 37.3 Å². The zero-order valence-electron chi connectivity index (χ0n) is 23.1. The molecule has 0 saturated carbocycles. The summed E-state index contributed by atoms with van der Waals surface area (Å²) >= 11 is 0. The molecule has 0 spiro atoms. The van der Waals surface area contributed by atoms with Crippen LogP contribution in [0.15, 0.2) is 83.8 Å². The molecule has 0 bridgehead atoms. The first-order valence-electron chi connectivity index (χ1n) is 13.8. The van der Waals surface area contributed by atoms with Crippen molar-refractivity contribution in [1.29, 1.82) is 0 Å². The van der Waals surface area contributed by atoms with Crippen molar-refractivity contribution in [3.8, 4) is 0 Å². The van der Waals surface area contributed by atoms with Crippen LogP contribution >= 0.6 is 0 Å². The molecule has 0 unspecified atom stereocenters. The van der Waals surface area contributed by atoms with Crippen LogP contribution in [0.1, 0.15) is 48.9 Å². The maximum Gasteiger partial charge on any atom is 0.247 e. The van der Waals surface area contributed by atoms with E-state index in [-0.39, 0.29) is 48.1 Å². The molecule has 8 nitrogen and oxygen atoms in total. The molecule has 4 rings (SSSR count). The maximum atomic E-state index is 13.8. The average Bonchev–Trinajstić information content (AvgIpc) is 3.50. The van der Waals surface area contributed by atoms with Gasteiger partial charge >= 0.3 is 0 Å². The third kappa shape index (κ3) is 8.45. The molecule has 10 heteroatoms. The van der Waals surface area contributed by atoms with Crippen molar-refractivity contribution >= 4 is 21.8 Å². The average molecular weight is 582 g/mol. The van der Waals surface area contributed by atoms with Gasteiger partial charge in [0.25, 0.3) is 0 Å². The molecular formula is C31H36FN3O5S. The van der Waals surface area contributed by atoms with Crippen molar-refractivity contribution in [2.45, 2.75) is 56.2 Å². The molecule has 1 heterocycles. The van der Waals surface area contributed by atoms with E-state index in [9.17, 15) is 22.4 Å². The lowest BCUT2D eigenvalue weighted by molar-refractivity contribution is -0.141. The second kappa shape index (κ2) is 14.3. The minimum atomic E-state index is -3.58. The number of ether oxygens (including phenoxy) is 1. The fourth-order valence-corrected chi connectivity index (χ4v) is 5.88. The molecule has 0 aromatic heterocycles. The Kier molecular flexibility index (Phi) is 10.6. The zero-order chi connectivity index (χ0) is 29.2. The van der Waals surface area contributed by atoms with E-state index in [1.54, 1.807) is 31.2 Å². The normalized spacial score (nSPS) is 15.8. The van der Waals surface area contributed by atoms with E-state index >= 15 is 0 Å². The van der Waals surface area contributed by atoms with Crippen molar-refractivity contribution in [2.75, 3.05) is 19.7 Å². The first kappa shape index (κ1) is 30.4. The van der Waals surface area contributed by atoms with Crippen LogP contribution in [-0.4, -0.2) is 50.9 Å². The molecule has 41 heavy (non-hydrogen) atoms. The van der Waals surface area contributed by atoms with Gasteiger partial charge < -0.3 is 15.0 Å². The largest absolute Gasteiger partial charge is 0.376 e. The van der Waals surface area contributed by atoms with E-state index < -0.39 is 16.1 Å². The molecule has 0 aliphatic carbocycles. The van der Waals surface area contributed by atoms with Gasteiger partial charge in [-0.3, -0.25) is 9.59 Å². The fourth-order valence-electron chi connectivity index (χ4n) is 4.84. The van der Waals surface area contributed by atoms with Gasteiger partial charge in [0, 0.05) is 32.7 Å².